The molecule has 1 aliphatic heterocycles. The van der Waals surface area contributed by atoms with Crippen molar-refractivity contribution in [2.45, 2.75) is 23.8 Å². The Bertz CT molecular complexity index is 350. The molecule has 82 valence electrons. The number of benzene rings is 1. The first-order chi connectivity index (χ1) is 7.18. The van der Waals surface area contributed by atoms with Gasteiger partial charge in [-0.2, -0.15) is 0 Å². The molecule has 0 amide bonds. The summed E-state index contributed by atoms with van der Waals surface area (Å²) in [5.41, 5.74) is 0.335. The lowest BCUT2D eigenvalue weighted by Crippen LogP contribution is -2.13. The second-order valence-electron chi connectivity index (χ2n) is 3.62. The summed E-state index contributed by atoms with van der Waals surface area (Å²) in [6.07, 6.45) is 1.80. The largest absolute Gasteiger partial charge is 0.377 e. The van der Waals surface area contributed by atoms with Crippen LogP contribution < -0.4 is 0 Å². The minimum atomic E-state index is -0.422. The highest BCUT2D eigenvalue weighted by Gasteiger charge is 2.27. The summed E-state index contributed by atoms with van der Waals surface area (Å²) in [6, 6.07) is 3.48. The zero-order valence-corrected chi connectivity index (χ0v) is 9.64. The van der Waals surface area contributed by atoms with Crippen LogP contribution in [0.4, 0.5) is 8.78 Å². The van der Waals surface area contributed by atoms with Gasteiger partial charge in [-0.15, -0.1) is 0 Å². The predicted molar refractivity (Wildman–Crippen MR) is 57.0 cm³/mol. The minimum absolute atomic E-state index is 0.0544. The first-order valence-corrected chi connectivity index (χ1v) is 5.80. The zero-order valence-electron chi connectivity index (χ0n) is 8.05. The molecule has 2 rings (SSSR count). The first kappa shape index (κ1) is 11.0. The van der Waals surface area contributed by atoms with Gasteiger partial charge in [0.15, 0.2) is 0 Å². The summed E-state index contributed by atoms with van der Waals surface area (Å²) < 4.78 is 31.8. The minimum Gasteiger partial charge on any atom is -0.377 e. The summed E-state index contributed by atoms with van der Waals surface area (Å²) in [5.74, 6) is -0.817. The van der Waals surface area contributed by atoms with Crippen LogP contribution in [0.25, 0.3) is 0 Å². The summed E-state index contributed by atoms with van der Waals surface area (Å²) in [5, 5.41) is 0. The van der Waals surface area contributed by atoms with Gasteiger partial charge in [0.05, 0.1) is 10.9 Å². The van der Waals surface area contributed by atoms with E-state index >= 15 is 0 Å². The molecule has 0 N–H and O–H groups in total. The van der Waals surface area contributed by atoms with Crippen LogP contribution in [-0.4, -0.2) is 12.7 Å². The third kappa shape index (κ3) is 2.37. The molecule has 4 heteroatoms. The number of alkyl halides is 1. The highest BCUT2D eigenvalue weighted by atomic mass is 79.9. The van der Waals surface area contributed by atoms with Crippen LogP contribution in [0, 0.1) is 11.6 Å². The van der Waals surface area contributed by atoms with Crippen LogP contribution in [0.3, 0.4) is 0 Å². The van der Waals surface area contributed by atoms with E-state index < -0.39 is 11.6 Å². The molecular formula is C11H11BrF2O. The van der Waals surface area contributed by atoms with Gasteiger partial charge in [-0.25, -0.2) is 8.78 Å². The van der Waals surface area contributed by atoms with E-state index in [2.05, 4.69) is 15.9 Å². The molecule has 1 aromatic carbocycles. The van der Waals surface area contributed by atoms with Crippen molar-refractivity contribution in [1.29, 1.82) is 0 Å². The average molecular weight is 277 g/mol. The smallest absolute Gasteiger partial charge is 0.127 e. The highest BCUT2D eigenvalue weighted by molar-refractivity contribution is 9.09. The van der Waals surface area contributed by atoms with Crippen molar-refractivity contribution < 1.29 is 13.5 Å². The number of hydrogen-bond acceptors (Lipinski definition) is 1. The average Bonchev–Trinajstić information content (AvgIpc) is 2.74. The number of hydrogen-bond donors (Lipinski definition) is 0. The van der Waals surface area contributed by atoms with Crippen LogP contribution >= 0.6 is 15.9 Å². The molecule has 1 heterocycles. The van der Waals surface area contributed by atoms with Crippen LogP contribution in [-0.2, 0) is 4.74 Å². The Kier molecular flexibility index (Phi) is 3.36. The Morgan fingerprint density at radius 3 is 2.87 bits per heavy atom. The van der Waals surface area contributed by atoms with E-state index in [1.807, 2.05) is 0 Å². The molecule has 1 fully saturated rings. The lowest BCUT2D eigenvalue weighted by Gasteiger charge is -2.17. The molecule has 1 nitrogen and oxygen atoms in total. The predicted octanol–water partition coefficient (Wildman–Crippen LogP) is 3.58. The molecule has 1 aromatic rings. The Balaban J connectivity index is 2.23. The van der Waals surface area contributed by atoms with Crippen molar-refractivity contribution in [3.8, 4) is 0 Å². The molecule has 1 saturated heterocycles. The number of halogens is 3. The van der Waals surface area contributed by atoms with Gasteiger partial charge in [0.2, 0.25) is 0 Å². The fourth-order valence-corrected chi connectivity index (χ4v) is 2.53. The molecule has 0 bridgehead atoms. The molecule has 0 aromatic heterocycles. The van der Waals surface area contributed by atoms with Gasteiger partial charge in [-0.1, -0.05) is 15.9 Å². The van der Waals surface area contributed by atoms with Crippen molar-refractivity contribution >= 4 is 15.9 Å². The Morgan fingerprint density at radius 2 is 2.20 bits per heavy atom. The molecule has 2 atom stereocenters. The maximum atomic E-state index is 13.4. The monoisotopic (exact) mass is 276 g/mol. The van der Waals surface area contributed by atoms with Crippen LogP contribution in [0.1, 0.15) is 23.2 Å². The Hall–Kier alpha value is -0.480. The normalized spacial score (nSPS) is 23.0. The van der Waals surface area contributed by atoms with Crippen molar-refractivity contribution in [3.63, 3.8) is 0 Å². The standard InChI is InChI=1S/C11H11BrF2O/c12-11(10-2-1-5-15-10)8-6-7(13)3-4-9(8)14/h3-4,6,10-11H,1-2,5H2. The van der Waals surface area contributed by atoms with Gasteiger partial charge in [-0.3, -0.25) is 0 Å². The van der Waals surface area contributed by atoms with Crippen LogP contribution in [0.5, 0.6) is 0 Å². The van der Waals surface area contributed by atoms with Crippen molar-refractivity contribution in [2.24, 2.45) is 0 Å². The van der Waals surface area contributed by atoms with Gasteiger partial charge in [0.25, 0.3) is 0 Å². The van der Waals surface area contributed by atoms with Gasteiger partial charge in [0.1, 0.15) is 11.6 Å². The van der Waals surface area contributed by atoms with E-state index in [1.165, 1.54) is 6.07 Å². The third-order valence-electron chi connectivity index (χ3n) is 2.55. The Labute approximate surface area is 95.6 Å². The van der Waals surface area contributed by atoms with Gasteiger partial charge >= 0.3 is 0 Å². The quantitative estimate of drug-likeness (QED) is 0.751. The molecule has 0 spiro atoms. The van der Waals surface area contributed by atoms with Gasteiger partial charge < -0.3 is 4.74 Å². The van der Waals surface area contributed by atoms with E-state index in [-0.39, 0.29) is 10.9 Å². The van der Waals surface area contributed by atoms with Gasteiger partial charge in [0, 0.05) is 12.2 Å². The zero-order chi connectivity index (χ0) is 10.8. The summed E-state index contributed by atoms with van der Waals surface area (Å²) in [7, 11) is 0. The maximum absolute atomic E-state index is 13.4. The molecule has 1 aliphatic rings. The summed E-state index contributed by atoms with van der Waals surface area (Å²) >= 11 is 3.37. The van der Waals surface area contributed by atoms with E-state index in [4.69, 9.17) is 4.74 Å². The van der Waals surface area contributed by atoms with Crippen LogP contribution in [0.15, 0.2) is 18.2 Å². The Morgan fingerprint density at radius 1 is 1.40 bits per heavy atom. The van der Waals surface area contributed by atoms with Crippen molar-refractivity contribution in [3.05, 3.63) is 35.4 Å². The fourth-order valence-electron chi connectivity index (χ4n) is 1.76. The molecular weight excluding hydrogens is 266 g/mol. The summed E-state index contributed by atoms with van der Waals surface area (Å²) in [6.45, 7) is 0.698. The lowest BCUT2D eigenvalue weighted by molar-refractivity contribution is 0.109. The maximum Gasteiger partial charge on any atom is 0.127 e. The molecule has 2 unspecified atom stereocenters. The fraction of sp³-hybridized carbons (Fsp3) is 0.455. The molecule has 0 aliphatic carbocycles. The second-order valence-corrected chi connectivity index (χ2v) is 4.61. The van der Waals surface area contributed by atoms with Crippen molar-refractivity contribution in [2.75, 3.05) is 6.61 Å². The third-order valence-corrected chi connectivity index (χ3v) is 3.63. The van der Waals surface area contributed by atoms with E-state index in [0.29, 0.717) is 12.2 Å². The number of ether oxygens (including phenoxy) is 1. The second kappa shape index (κ2) is 4.58. The van der Waals surface area contributed by atoms with Gasteiger partial charge in [-0.05, 0) is 31.0 Å². The summed E-state index contributed by atoms with van der Waals surface area (Å²) in [4.78, 5) is -0.268. The van der Waals surface area contributed by atoms with Crippen molar-refractivity contribution in [1.82, 2.24) is 0 Å². The lowest BCUT2D eigenvalue weighted by atomic mass is 10.1. The van der Waals surface area contributed by atoms with E-state index in [0.717, 1.165) is 25.0 Å². The number of rotatable bonds is 2. The highest BCUT2D eigenvalue weighted by Crippen LogP contribution is 2.35. The molecule has 0 saturated carbocycles. The molecule has 0 radical (unpaired) electrons. The van der Waals surface area contributed by atoms with Crippen LogP contribution in [0.2, 0.25) is 0 Å². The topological polar surface area (TPSA) is 9.23 Å². The SMILES string of the molecule is Fc1ccc(F)c(C(Br)C2CCCO2)c1. The van der Waals surface area contributed by atoms with E-state index in [1.54, 1.807) is 0 Å². The van der Waals surface area contributed by atoms with E-state index in [9.17, 15) is 8.78 Å². The first-order valence-electron chi connectivity index (χ1n) is 4.89. The molecule has 15 heavy (non-hydrogen) atoms.